The van der Waals surface area contributed by atoms with Gasteiger partial charge >= 0.3 is 0 Å². The Balaban J connectivity index is 1.43. The van der Waals surface area contributed by atoms with Gasteiger partial charge in [0.15, 0.2) is 5.43 Å². The highest BCUT2D eigenvalue weighted by molar-refractivity contribution is 5.88. The summed E-state index contributed by atoms with van der Waals surface area (Å²) in [4.78, 5) is 13.1. The summed E-state index contributed by atoms with van der Waals surface area (Å²) in [6.45, 7) is 0.785. The number of aliphatic hydroxyl groups is 7. The first-order valence-corrected chi connectivity index (χ1v) is 12.7. The average Bonchev–Trinajstić information content (AvgIpc) is 2.94. The molecule has 3 heterocycles. The van der Waals surface area contributed by atoms with Crippen LogP contribution >= 0.6 is 0 Å². The van der Waals surface area contributed by atoms with E-state index in [1.165, 1.54) is 31.2 Å². The van der Waals surface area contributed by atoms with E-state index in [4.69, 9.17) is 18.6 Å². The minimum atomic E-state index is -1.81. The molecule has 0 aliphatic carbocycles. The molecule has 3 aromatic rings. The van der Waals surface area contributed by atoms with E-state index in [-0.39, 0.29) is 22.5 Å². The van der Waals surface area contributed by atoms with Crippen LogP contribution in [-0.4, -0.2) is 108 Å². The van der Waals surface area contributed by atoms with Gasteiger partial charge in [-0.1, -0.05) is 0 Å². The predicted octanol–water partition coefficient (Wildman–Crippen LogP) is -1.41. The van der Waals surface area contributed by atoms with Crippen LogP contribution in [0.5, 0.6) is 17.2 Å². The Hall–Kier alpha value is -3.31. The standard InChI is InChI=1S/C27H30O14/c1-9-19(31)22(34)25(37)27(38-9)39-11-4-2-10(3-5-11)14-6-12(29)17-15(40-14)7-13(30)18(21(17)33)26-24(36)23(35)20(32)16(8-28)41-26/h2-7,9,16,19-20,22-28,30-37H,8H2,1H3. The van der Waals surface area contributed by atoms with Crippen LogP contribution in [-0.2, 0) is 9.47 Å². The second-order valence-electron chi connectivity index (χ2n) is 10.1. The third-order valence-corrected chi connectivity index (χ3v) is 7.39. The van der Waals surface area contributed by atoms with Crippen LogP contribution < -0.4 is 10.2 Å². The van der Waals surface area contributed by atoms with Crippen LogP contribution in [0, 0.1) is 0 Å². The van der Waals surface area contributed by atoms with Gasteiger partial charge in [0.05, 0.1) is 18.3 Å². The highest BCUT2D eigenvalue weighted by Crippen LogP contribution is 2.44. The van der Waals surface area contributed by atoms with E-state index in [9.17, 15) is 50.8 Å². The van der Waals surface area contributed by atoms with E-state index in [0.717, 1.165) is 12.1 Å². The quantitative estimate of drug-likeness (QED) is 0.169. The van der Waals surface area contributed by atoms with Crippen molar-refractivity contribution in [2.24, 2.45) is 0 Å². The molecule has 14 heteroatoms. The number of phenols is 2. The molecule has 14 nitrogen and oxygen atoms in total. The molecule has 0 spiro atoms. The summed E-state index contributed by atoms with van der Waals surface area (Å²) in [6.07, 6.45) is -14.5. The number of phenolic OH excluding ortho intramolecular Hbond substituents is 2. The van der Waals surface area contributed by atoms with Crippen molar-refractivity contribution < 1.29 is 64.6 Å². The van der Waals surface area contributed by atoms with Gasteiger partial charge in [-0.2, -0.15) is 0 Å². The second kappa shape index (κ2) is 11.2. The van der Waals surface area contributed by atoms with E-state index in [1.54, 1.807) is 0 Å². The summed E-state index contributed by atoms with van der Waals surface area (Å²) in [5.41, 5.74) is -0.973. The number of benzene rings is 2. The van der Waals surface area contributed by atoms with Gasteiger partial charge in [-0.05, 0) is 31.2 Å². The van der Waals surface area contributed by atoms with E-state index in [0.29, 0.717) is 5.56 Å². The summed E-state index contributed by atoms with van der Waals surface area (Å²) >= 11 is 0. The summed E-state index contributed by atoms with van der Waals surface area (Å²) in [7, 11) is 0. The molecule has 41 heavy (non-hydrogen) atoms. The third kappa shape index (κ3) is 5.14. The van der Waals surface area contributed by atoms with Crippen LogP contribution in [0.1, 0.15) is 18.6 Å². The zero-order chi connectivity index (χ0) is 29.7. The van der Waals surface area contributed by atoms with Crippen molar-refractivity contribution in [1.82, 2.24) is 0 Å². The lowest BCUT2D eigenvalue weighted by molar-refractivity contribution is -0.268. The van der Waals surface area contributed by atoms with Gasteiger partial charge in [0, 0.05) is 17.7 Å². The van der Waals surface area contributed by atoms with Crippen molar-refractivity contribution in [2.45, 2.75) is 68.1 Å². The largest absolute Gasteiger partial charge is 0.507 e. The normalized spacial score (nSPS) is 34.0. The maximum atomic E-state index is 13.1. The van der Waals surface area contributed by atoms with E-state index in [1.807, 2.05) is 0 Å². The highest BCUT2D eigenvalue weighted by Gasteiger charge is 2.46. The van der Waals surface area contributed by atoms with Crippen molar-refractivity contribution in [2.75, 3.05) is 6.61 Å². The summed E-state index contributed by atoms with van der Waals surface area (Å²) in [5.74, 6) is -1.14. The van der Waals surface area contributed by atoms with E-state index in [2.05, 4.69) is 0 Å². The molecular formula is C27H30O14. The summed E-state index contributed by atoms with van der Waals surface area (Å²) in [5, 5.41) is 91.2. The van der Waals surface area contributed by atoms with Crippen molar-refractivity contribution in [3.05, 3.63) is 52.2 Å². The maximum absolute atomic E-state index is 13.1. The number of aliphatic hydroxyl groups excluding tert-OH is 7. The number of fused-ring (bicyclic) bond motifs is 1. The lowest BCUT2D eigenvalue weighted by Gasteiger charge is -2.40. The van der Waals surface area contributed by atoms with Crippen molar-refractivity contribution >= 4 is 11.0 Å². The molecule has 2 fully saturated rings. The maximum Gasteiger partial charge on any atom is 0.229 e. The Labute approximate surface area is 231 Å². The summed E-state index contributed by atoms with van der Waals surface area (Å²) in [6, 6.07) is 8.11. The Kier molecular flexibility index (Phi) is 7.95. The molecule has 0 saturated carbocycles. The monoisotopic (exact) mass is 578 g/mol. The SMILES string of the molecule is CC1OC(Oc2ccc(-c3cc(=O)c4c(O)c(C5OC(CO)C(O)C(O)C5O)c(O)cc4o3)cc2)C(O)C(O)C1O. The lowest BCUT2D eigenvalue weighted by Crippen LogP contribution is -2.58. The molecule has 9 N–H and O–H groups in total. The van der Waals surface area contributed by atoms with Gasteiger partial charge in [-0.15, -0.1) is 0 Å². The molecule has 1 aromatic heterocycles. The summed E-state index contributed by atoms with van der Waals surface area (Å²) < 4.78 is 22.2. The predicted molar refractivity (Wildman–Crippen MR) is 137 cm³/mol. The number of ether oxygens (including phenoxy) is 3. The first-order chi connectivity index (χ1) is 19.4. The molecule has 2 aromatic carbocycles. The van der Waals surface area contributed by atoms with E-state index >= 15 is 0 Å². The van der Waals surface area contributed by atoms with Crippen LogP contribution in [0.3, 0.4) is 0 Å². The molecule has 2 aliphatic rings. The molecular weight excluding hydrogens is 548 g/mol. The van der Waals surface area contributed by atoms with Gasteiger partial charge in [0.1, 0.15) is 82.8 Å². The molecule has 2 saturated heterocycles. The molecule has 222 valence electrons. The zero-order valence-electron chi connectivity index (χ0n) is 21.5. The average molecular weight is 579 g/mol. The molecule has 0 bridgehead atoms. The van der Waals surface area contributed by atoms with Crippen molar-refractivity contribution in [3.8, 4) is 28.6 Å². The van der Waals surface area contributed by atoms with Crippen LogP contribution in [0.25, 0.3) is 22.3 Å². The zero-order valence-corrected chi connectivity index (χ0v) is 21.5. The van der Waals surface area contributed by atoms with Gasteiger partial charge in [0.25, 0.3) is 0 Å². The highest BCUT2D eigenvalue weighted by atomic mass is 16.7. The number of rotatable bonds is 5. The molecule has 0 amide bonds. The minimum absolute atomic E-state index is 0.0505. The van der Waals surface area contributed by atoms with Crippen molar-refractivity contribution in [3.63, 3.8) is 0 Å². The first-order valence-electron chi connectivity index (χ1n) is 12.7. The number of aromatic hydroxyl groups is 2. The Morgan fingerprint density at radius 1 is 0.829 bits per heavy atom. The topological polar surface area (TPSA) is 240 Å². The molecule has 0 radical (unpaired) electrons. The van der Waals surface area contributed by atoms with Crippen LogP contribution in [0.4, 0.5) is 0 Å². The van der Waals surface area contributed by atoms with Gasteiger partial charge < -0.3 is 64.6 Å². The van der Waals surface area contributed by atoms with E-state index < -0.39 is 90.3 Å². The minimum Gasteiger partial charge on any atom is -0.507 e. The Morgan fingerprint density at radius 3 is 2.15 bits per heavy atom. The second-order valence-corrected chi connectivity index (χ2v) is 10.1. The molecule has 10 atom stereocenters. The van der Waals surface area contributed by atoms with Crippen LogP contribution in [0.2, 0.25) is 0 Å². The fraction of sp³-hybridized carbons (Fsp3) is 0.444. The smallest absolute Gasteiger partial charge is 0.229 e. The first kappa shape index (κ1) is 29.2. The Morgan fingerprint density at radius 2 is 1.49 bits per heavy atom. The van der Waals surface area contributed by atoms with Gasteiger partial charge in [-0.3, -0.25) is 4.79 Å². The van der Waals surface area contributed by atoms with Crippen LogP contribution in [0.15, 0.2) is 45.6 Å². The lowest BCUT2D eigenvalue weighted by atomic mass is 9.89. The van der Waals surface area contributed by atoms with Gasteiger partial charge in [-0.25, -0.2) is 0 Å². The number of hydrogen-bond acceptors (Lipinski definition) is 14. The van der Waals surface area contributed by atoms with Gasteiger partial charge in [0.2, 0.25) is 6.29 Å². The molecule has 5 rings (SSSR count). The number of hydrogen-bond donors (Lipinski definition) is 9. The molecule has 2 aliphatic heterocycles. The third-order valence-electron chi connectivity index (χ3n) is 7.39. The Bertz CT molecular complexity index is 1450. The fourth-order valence-corrected chi connectivity index (χ4v) is 5.01. The fourth-order valence-electron chi connectivity index (χ4n) is 5.01. The molecule has 10 unspecified atom stereocenters. The van der Waals surface area contributed by atoms with Crippen molar-refractivity contribution in [1.29, 1.82) is 0 Å².